The van der Waals surface area contributed by atoms with E-state index in [9.17, 15) is 9.59 Å². The molecule has 2 amide bonds. The molecule has 2 aromatic carbocycles. The minimum atomic E-state index is -0.216. The van der Waals surface area contributed by atoms with Gasteiger partial charge in [-0.1, -0.05) is 23.5 Å². The smallest absolute Gasteiger partial charge is 0.257 e. The highest BCUT2D eigenvalue weighted by atomic mass is 32.1. The second kappa shape index (κ2) is 8.08. The van der Waals surface area contributed by atoms with Gasteiger partial charge in [0, 0.05) is 23.9 Å². The van der Waals surface area contributed by atoms with Crippen molar-refractivity contribution in [3.05, 3.63) is 71.0 Å². The second-order valence-electron chi connectivity index (χ2n) is 7.12. The lowest BCUT2D eigenvalue weighted by molar-refractivity contribution is -0.114. The number of fused-ring (bicyclic) bond motifs is 1. The third-order valence-electron chi connectivity index (χ3n) is 4.55. The lowest BCUT2D eigenvalue weighted by Gasteiger charge is -2.07. The van der Waals surface area contributed by atoms with Crippen molar-refractivity contribution in [2.24, 2.45) is 0 Å². The van der Waals surface area contributed by atoms with Crippen molar-refractivity contribution < 1.29 is 9.59 Å². The number of carbonyl (C=O) groups excluding carboxylic acids is 2. The Morgan fingerprint density at radius 3 is 2.63 bits per heavy atom. The van der Waals surface area contributed by atoms with Crippen LogP contribution >= 0.6 is 11.3 Å². The summed E-state index contributed by atoms with van der Waals surface area (Å²) in [5.74, 6) is -0.348. The van der Waals surface area contributed by atoms with Gasteiger partial charge >= 0.3 is 0 Å². The maximum Gasteiger partial charge on any atom is 0.257 e. The molecule has 152 valence electrons. The number of amides is 2. The predicted molar refractivity (Wildman–Crippen MR) is 119 cm³/mol. The molecule has 0 aliphatic rings. The molecule has 0 radical (unpaired) electrons. The van der Waals surface area contributed by atoms with Gasteiger partial charge in [0.15, 0.2) is 5.13 Å². The summed E-state index contributed by atoms with van der Waals surface area (Å²) in [6, 6.07) is 15.0. The molecule has 0 aliphatic heterocycles. The Balaban J connectivity index is 1.51. The van der Waals surface area contributed by atoms with Gasteiger partial charge in [0.1, 0.15) is 0 Å². The topological polar surface area (TPSA) is 88.9 Å². The van der Waals surface area contributed by atoms with E-state index >= 15 is 0 Å². The average Bonchev–Trinajstić information content (AvgIpc) is 3.22. The summed E-state index contributed by atoms with van der Waals surface area (Å²) >= 11 is 1.36. The van der Waals surface area contributed by atoms with Crippen molar-refractivity contribution in [2.75, 3.05) is 10.6 Å². The SMILES string of the molecule is CC(=O)Nc1ccc2nc(NC(=O)c3cccc(Cn4nc(C)cc4C)c3)sc2c1. The maximum absolute atomic E-state index is 12.8. The van der Waals surface area contributed by atoms with Crippen molar-refractivity contribution in [2.45, 2.75) is 27.3 Å². The molecule has 0 saturated heterocycles. The minimum absolute atomic E-state index is 0.132. The van der Waals surface area contributed by atoms with Crippen LogP contribution in [0.2, 0.25) is 0 Å². The summed E-state index contributed by atoms with van der Waals surface area (Å²) in [7, 11) is 0. The minimum Gasteiger partial charge on any atom is -0.326 e. The molecule has 0 atom stereocenters. The van der Waals surface area contributed by atoms with E-state index in [1.165, 1.54) is 18.3 Å². The number of benzene rings is 2. The quantitative estimate of drug-likeness (QED) is 0.503. The highest BCUT2D eigenvalue weighted by Crippen LogP contribution is 2.28. The number of aromatic nitrogens is 3. The third-order valence-corrected chi connectivity index (χ3v) is 5.49. The molecule has 8 heteroatoms. The van der Waals surface area contributed by atoms with E-state index in [1.54, 1.807) is 12.1 Å². The van der Waals surface area contributed by atoms with Crippen LogP contribution in [0.15, 0.2) is 48.5 Å². The summed E-state index contributed by atoms with van der Waals surface area (Å²) in [5.41, 5.74) is 5.08. The zero-order valence-electron chi connectivity index (χ0n) is 16.9. The monoisotopic (exact) mass is 419 g/mol. The molecule has 2 aromatic heterocycles. The van der Waals surface area contributed by atoms with Gasteiger partial charge in [-0.3, -0.25) is 19.6 Å². The van der Waals surface area contributed by atoms with Gasteiger partial charge in [-0.25, -0.2) is 4.98 Å². The summed E-state index contributed by atoms with van der Waals surface area (Å²) in [5, 5.41) is 10.6. The maximum atomic E-state index is 12.8. The van der Waals surface area contributed by atoms with Gasteiger partial charge in [-0.15, -0.1) is 0 Å². The van der Waals surface area contributed by atoms with Crippen LogP contribution in [0, 0.1) is 13.8 Å². The summed E-state index contributed by atoms with van der Waals surface area (Å²) < 4.78 is 2.81. The Morgan fingerprint density at radius 1 is 1.07 bits per heavy atom. The number of hydrogen-bond donors (Lipinski definition) is 2. The summed E-state index contributed by atoms with van der Waals surface area (Å²) in [4.78, 5) is 28.5. The van der Waals surface area contributed by atoms with Gasteiger partial charge in [-0.2, -0.15) is 5.10 Å². The lowest BCUT2D eigenvalue weighted by Crippen LogP contribution is -2.12. The summed E-state index contributed by atoms with van der Waals surface area (Å²) in [6.45, 7) is 6.05. The Hall–Kier alpha value is -3.52. The van der Waals surface area contributed by atoms with E-state index in [0.717, 1.165) is 27.2 Å². The molecule has 0 bridgehead atoms. The normalized spacial score (nSPS) is 10.9. The number of aryl methyl sites for hydroxylation is 2. The van der Waals surface area contributed by atoms with Crippen molar-refractivity contribution in [1.82, 2.24) is 14.8 Å². The van der Waals surface area contributed by atoms with Crippen molar-refractivity contribution in [3.63, 3.8) is 0 Å². The molecule has 2 heterocycles. The molecule has 4 rings (SSSR count). The van der Waals surface area contributed by atoms with E-state index in [0.29, 0.717) is 22.9 Å². The van der Waals surface area contributed by atoms with Crippen LogP contribution in [0.4, 0.5) is 10.8 Å². The molecule has 30 heavy (non-hydrogen) atoms. The third kappa shape index (κ3) is 4.38. The van der Waals surface area contributed by atoms with Crippen LogP contribution < -0.4 is 10.6 Å². The van der Waals surface area contributed by atoms with E-state index in [1.807, 2.05) is 54.9 Å². The first-order valence-electron chi connectivity index (χ1n) is 9.47. The molecule has 0 spiro atoms. The van der Waals surface area contributed by atoms with Gasteiger partial charge in [0.25, 0.3) is 5.91 Å². The number of carbonyl (C=O) groups is 2. The fourth-order valence-corrected chi connectivity index (χ4v) is 4.15. The van der Waals surface area contributed by atoms with Crippen LogP contribution in [0.25, 0.3) is 10.2 Å². The van der Waals surface area contributed by atoms with Gasteiger partial charge in [0.05, 0.1) is 22.5 Å². The van der Waals surface area contributed by atoms with E-state index < -0.39 is 0 Å². The highest BCUT2D eigenvalue weighted by Gasteiger charge is 2.12. The van der Waals surface area contributed by atoms with Crippen LogP contribution in [-0.4, -0.2) is 26.6 Å². The van der Waals surface area contributed by atoms with Gasteiger partial charge < -0.3 is 5.32 Å². The number of anilines is 2. The first-order chi connectivity index (χ1) is 14.4. The molecule has 0 saturated carbocycles. The Kier molecular flexibility index (Phi) is 5.33. The number of nitrogens with one attached hydrogen (secondary N) is 2. The van der Waals surface area contributed by atoms with Crippen LogP contribution in [0.3, 0.4) is 0 Å². The predicted octanol–water partition coefficient (Wildman–Crippen LogP) is 4.37. The zero-order chi connectivity index (χ0) is 21.3. The molecule has 7 nitrogen and oxygen atoms in total. The summed E-state index contributed by atoms with van der Waals surface area (Å²) in [6.07, 6.45) is 0. The van der Waals surface area contributed by atoms with Crippen LogP contribution in [-0.2, 0) is 11.3 Å². The van der Waals surface area contributed by atoms with Crippen LogP contribution in [0.1, 0.15) is 34.2 Å². The van der Waals surface area contributed by atoms with Crippen molar-refractivity contribution >= 4 is 44.2 Å². The molecule has 4 aromatic rings. The zero-order valence-corrected chi connectivity index (χ0v) is 17.7. The van der Waals surface area contributed by atoms with Crippen LogP contribution in [0.5, 0.6) is 0 Å². The van der Waals surface area contributed by atoms with Crippen molar-refractivity contribution in [3.8, 4) is 0 Å². The Morgan fingerprint density at radius 2 is 1.90 bits per heavy atom. The fourth-order valence-electron chi connectivity index (χ4n) is 3.25. The first kappa shape index (κ1) is 19.8. The van der Waals surface area contributed by atoms with Crippen molar-refractivity contribution in [1.29, 1.82) is 0 Å². The van der Waals surface area contributed by atoms with Gasteiger partial charge in [0.2, 0.25) is 5.91 Å². The Bertz CT molecular complexity index is 1260. The average molecular weight is 420 g/mol. The molecule has 0 fully saturated rings. The van der Waals surface area contributed by atoms with E-state index in [2.05, 4.69) is 20.7 Å². The number of rotatable bonds is 5. The Labute approximate surface area is 177 Å². The standard InChI is InChI=1S/C22H21N5O2S/c1-13-9-14(2)27(26-13)12-16-5-4-6-17(10-16)21(29)25-22-24-19-8-7-18(23-15(3)28)11-20(19)30-22/h4-11H,12H2,1-3H3,(H,23,28)(H,24,25,29). The number of hydrogen-bond acceptors (Lipinski definition) is 5. The molecular weight excluding hydrogens is 398 g/mol. The molecular formula is C22H21N5O2S. The molecule has 0 unspecified atom stereocenters. The second-order valence-corrected chi connectivity index (χ2v) is 8.15. The van der Waals surface area contributed by atoms with Gasteiger partial charge in [-0.05, 0) is 55.8 Å². The fraction of sp³-hybridized carbons (Fsp3) is 0.182. The lowest BCUT2D eigenvalue weighted by atomic mass is 10.1. The number of nitrogens with zero attached hydrogens (tertiary/aromatic N) is 3. The van der Waals surface area contributed by atoms with E-state index in [4.69, 9.17) is 0 Å². The van der Waals surface area contributed by atoms with E-state index in [-0.39, 0.29) is 11.8 Å². The number of thiazole rings is 1. The largest absolute Gasteiger partial charge is 0.326 e. The first-order valence-corrected chi connectivity index (χ1v) is 10.3. The molecule has 0 aliphatic carbocycles. The molecule has 2 N–H and O–H groups in total. The highest BCUT2D eigenvalue weighted by molar-refractivity contribution is 7.22.